The van der Waals surface area contributed by atoms with Crippen LogP contribution in [0.1, 0.15) is 57.9 Å². The van der Waals surface area contributed by atoms with Gasteiger partial charge in [0.15, 0.2) is 0 Å². The summed E-state index contributed by atoms with van der Waals surface area (Å²) in [5.74, 6) is -0.872. The molecule has 0 unspecified atom stereocenters. The number of hydrogen-bond acceptors (Lipinski definition) is 4. The van der Waals surface area contributed by atoms with Gasteiger partial charge in [-0.3, -0.25) is 0 Å². The lowest BCUT2D eigenvalue weighted by Gasteiger charge is -2.14. The Morgan fingerprint density at radius 3 is 1.94 bits per heavy atom. The van der Waals surface area contributed by atoms with E-state index < -0.39 is 12.0 Å². The van der Waals surface area contributed by atoms with Gasteiger partial charge < -0.3 is 25.7 Å². The molecule has 0 atom stereocenters. The van der Waals surface area contributed by atoms with Crippen LogP contribution in [-0.2, 0) is 35.3 Å². The van der Waals surface area contributed by atoms with Crippen molar-refractivity contribution in [3.8, 4) is 0 Å². The van der Waals surface area contributed by atoms with Gasteiger partial charge in [0.05, 0.1) is 5.56 Å². The van der Waals surface area contributed by atoms with Gasteiger partial charge in [0.1, 0.15) is 13.1 Å². The molecule has 2 aliphatic rings. The number of nitrogens with two attached hydrogens (primary N) is 1. The van der Waals surface area contributed by atoms with E-state index >= 15 is 0 Å². The number of aldehydes is 1. The monoisotopic (exact) mass is 426 g/mol. The lowest BCUT2D eigenvalue weighted by Crippen LogP contribution is -2.21. The molecule has 31 heavy (non-hydrogen) atoms. The second-order valence-electron chi connectivity index (χ2n) is 7.13. The fourth-order valence-corrected chi connectivity index (χ4v) is 3.87. The lowest BCUT2D eigenvalue weighted by molar-refractivity contribution is -0.106. The van der Waals surface area contributed by atoms with E-state index in [4.69, 9.17) is 20.4 Å². The Hall–Kier alpha value is -3.48. The van der Waals surface area contributed by atoms with Crippen LogP contribution in [0.25, 0.3) is 0 Å². The second-order valence-corrected chi connectivity index (χ2v) is 7.13. The molecule has 7 nitrogen and oxygen atoms in total. The first-order chi connectivity index (χ1) is 14.9. The molecule has 166 valence electrons. The molecule has 0 saturated heterocycles. The van der Waals surface area contributed by atoms with Crippen molar-refractivity contribution >= 4 is 30.8 Å². The van der Waals surface area contributed by atoms with Crippen LogP contribution in [0.4, 0.5) is 10.5 Å². The topological polar surface area (TPSA) is 127 Å². The summed E-state index contributed by atoms with van der Waals surface area (Å²) in [6.45, 7) is 5.31. The number of nitrogens with one attached hydrogen (secondary N) is 1. The number of carbonyl (C=O) groups is 4. The number of urea groups is 1. The summed E-state index contributed by atoms with van der Waals surface area (Å²) in [5, 5.41) is 11.4. The van der Waals surface area contributed by atoms with Gasteiger partial charge in [-0.1, -0.05) is 23.8 Å². The molecule has 2 aromatic rings. The highest BCUT2D eigenvalue weighted by Gasteiger charge is 2.24. The highest BCUT2D eigenvalue weighted by Crippen LogP contribution is 2.38. The maximum Gasteiger partial charge on any atom is 0.335 e. The molecule has 0 bridgehead atoms. The number of anilines is 1. The van der Waals surface area contributed by atoms with Crippen molar-refractivity contribution in [3.05, 3.63) is 63.7 Å². The average Bonchev–Trinajstić information content (AvgIpc) is 3.39. The molecule has 0 spiro atoms. The third-order valence-corrected chi connectivity index (χ3v) is 4.99. The Balaban J connectivity index is 0.000000276. The van der Waals surface area contributed by atoms with Gasteiger partial charge in [0.25, 0.3) is 0 Å². The predicted molar refractivity (Wildman–Crippen MR) is 121 cm³/mol. The first-order valence-corrected chi connectivity index (χ1v) is 10.1. The van der Waals surface area contributed by atoms with Crippen LogP contribution in [0.15, 0.2) is 30.3 Å². The Kier molecular flexibility index (Phi) is 10.7. The molecule has 0 saturated carbocycles. The number of aromatic carboxylic acids is 1. The third-order valence-electron chi connectivity index (χ3n) is 4.99. The van der Waals surface area contributed by atoms with Gasteiger partial charge in [-0.25, -0.2) is 9.59 Å². The summed E-state index contributed by atoms with van der Waals surface area (Å²) in [5.41, 5.74) is 13.1. The molecule has 0 radical (unpaired) electrons. The minimum absolute atomic E-state index is 0.347. The first kappa shape index (κ1) is 25.6. The van der Waals surface area contributed by atoms with Crippen LogP contribution < -0.4 is 11.1 Å². The first-order valence-electron chi connectivity index (χ1n) is 10.1. The van der Waals surface area contributed by atoms with E-state index in [1.165, 1.54) is 42.0 Å². The number of carboxylic acid groups (broad SMARTS) is 1. The molecule has 0 aliphatic heterocycles. The zero-order chi connectivity index (χ0) is 23.4. The molecule has 2 aliphatic carbocycles. The maximum atomic E-state index is 11.1. The number of carbonyl (C=O) groups excluding carboxylic acids is 3. The van der Waals surface area contributed by atoms with Crippen molar-refractivity contribution in [2.75, 3.05) is 5.32 Å². The van der Waals surface area contributed by atoms with Gasteiger partial charge in [0.2, 0.25) is 0 Å². The van der Waals surface area contributed by atoms with E-state index in [0.29, 0.717) is 5.56 Å². The number of aryl methyl sites for hydroxylation is 3. The van der Waals surface area contributed by atoms with E-state index in [1.807, 2.05) is 19.8 Å². The zero-order valence-corrected chi connectivity index (χ0v) is 18.1. The van der Waals surface area contributed by atoms with Gasteiger partial charge in [-0.05, 0) is 86.8 Å². The third kappa shape index (κ3) is 7.37. The van der Waals surface area contributed by atoms with Crippen LogP contribution in [0.5, 0.6) is 0 Å². The van der Waals surface area contributed by atoms with Gasteiger partial charge >= 0.3 is 12.0 Å². The number of primary amides is 1. The van der Waals surface area contributed by atoms with E-state index in [0.717, 1.165) is 43.2 Å². The number of carboxylic acids is 1. The SMILES string of the molecule is C=O.CC=O.Cc1cccc(C(=O)O)c1.NC(=O)Nc1c2c(cc3c1CCC3)CCC2. The number of benzene rings is 2. The highest BCUT2D eigenvalue weighted by molar-refractivity contribution is 5.91. The summed E-state index contributed by atoms with van der Waals surface area (Å²) in [6.07, 6.45) is 7.61. The van der Waals surface area contributed by atoms with Gasteiger partial charge in [-0.2, -0.15) is 0 Å². The average molecular weight is 427 g/mol. The van der Waals surface area contributed by atoms with Gasteiger partial charge in [0, 0.05) is 5.69 Å². The van der Waals surface area contributed by atoms with Crippen LogP contribution in [0, 0.1) is 6.92 Å². The Labute approximate surface area is 182 Å². The molecule has 0 fully saturated rings. The van der Waals surface area contributed by atoms with Crippen molar-refractivity contribution in [2.24, 2.45) is 5.73 Å². The van der Waals surface area contributed by atoms with E-state index in [9.17, 15) is 9.59 Å². The van der Waals surface area contributed by atoms with Crippen molar-refractivity contribution < 1.29 is 24.3 Å². The lowest BCUT2D eigenvalue weighted by atomic mass is 9.99. The minimum atomic E-state index is -0.872. The predicted octanol–water partition coefficient (Wildman–Crippen LogP) is 3.87. The van der Waals surface area contributed by atoms with Crippen LogP contribution in [0.3, 0.4) is 0 Å². The smallest absolute Gasteiger partial charge is 0.335 e. The molecule has 0 aromatic heterocycles. The molecular weight excluding hydrogens is 396 g/mol. The Bertz CT molecular complexity index is 892. The summed E-state index contributed by atoms with van der Waals surface area (Å²) < 4.78 is 0. The van der Waals surface area contributed by atoms with Crippen molar-refractivity contribution in [2.45, 2.75) is 52.4 Å². The standard InChI is InChI=1S/C13H16N2O.C8H8O2.C2H4O.CH2O/c14-13(16)15-12-10-5-1-3-8(10)7-9-4-2-6-11(9)12;1-6-3-2-4-7(5-6)8(9)10;1-2-3;1-2/h7H,1-6H2,(H3,14,15,16);2-5H,1H3,(H,9,10);2H,1H3;1H2. The number of rotatable bonds is 2. The summed E-state index contributed by atoms with van der Waals surface area (Å²) in [7, 11) is 0. The highest BCUT2D eigenvalue weighted by atomic mass is 16.4. The maximum absolute atomic E-state index is 11.1. The number of fused-ring (bicyclic) bond motifs is 2. The normalized spacial score (nSPS) is 12.3. The van der Waals surface area contributed by atoms with Crippen molar-refractivity contribution in [3.63, 3.8) is 0 Å². The van der Waals surface area contributed by atoms with Crippen molar-refractivity contribution in [1.29, 1.82) is 0 Å². The molecule has 7 heteroatoms. The van der Waals surface area contributed by atoms with E-state index in [-0.39, 0.29) is 0 Å². The molecule has 4 N–H and O–H groups in total. The number of amides is 2. The summed E-state index contributed by atoms with van der Waals surface area (Å²) >= 11 is 0. The zero-order valence-electron chi connectivity index (χ0n) is 18.1. The van der Waals surface area contributed by atoms with E-state index in [1.54, 1.807) is 18.2 Å². The number of hydrogen-bond donors (Lipinski definition) is 3. The fraction of sp³-hybridized carbons (Fsp3) is 0.333. The molecule has 2 aromatic carbocycles. The summed E-state index contributed by atoms with van der Waals surface area (Å²) in [4.78, 5) is 38.2. The molecule has 4 rings (SSSR count). The Morgan fingerprint density at radius 2 is 1.55 bits per heavy atom. The molecule has 0 heterocycles. The molecule has 2 amide bonds. The van der Waals surface area contributed by atoms with Crippen LogP contribution >= 0.6 is 0 Å². The largest absolute Gasteiger partial charge is 0.478 e. The van der Waals surface area contributed by atoms with Crippen LogP contribution in [0.2, 0.25) is 0 Å². The van der Waals surface area contributed by atoms with Gasteiger partial charge in [-0.15, -0.1) is 0 Å². The minimum Gasteiger partial charge on any atom is -0.478 e. The van der Waals surface area contributed by atoms with Crippen molar-refractivity contribution in [1.82, 2.24) is 0 Å². The quantitative estimate of drug-likeness (QED) is 0.628. The second kappa shape index (κ2) is 13.0. The van der Waals surface area contributed by atoms with E-state index in [2.05, 4.69) is 11.4 Å². The Morgan fingerprint density at radius 1 is 1.03 bits per heavy atom. The summed E-state index contributed by atoms with van der Waals surface area (Å²) in [6, 6.07) is 8.73. The van der Waals surface area contributed by atoms with Crippen LogP contribution in [-0.4, -0.2) is 30.2 Å². The fourth-order valence-electron chi connectivity index (χ4n) is 3.87. The molecular formula is C24H30N2O5.